The molecule has 0 spiro atoms. The van der Waals surface area contributed by atoms with Crippen LogP contribution in [0.2, 0.25) is 0 Å². The van der Waals surface area contributed by atoms with Gasteiger partial charge in [0.15, 0.2) is 5.82 Å². The Bertz CT molecular complexity index is 420. The number of aromatic nitrogens is 2. The predicted molar refractivity (Wildman–Crippen MR) is 80.6 cm³/mol. The van der Waals surface area contributed by atoms with Crippen molar-refractivity contribution in [3.63, 3.8) is 0 Å². The lowest BCUT2D eigenvalue weighted by atomic mass is 9.87. The minimum Gasteiger partial charge on any atom is -0.374 e. The summed E-state index contributed by atoms with van der Waals surface area (Å²) >= 11 is 0. The van der Waals surface area contributed by atoms with Gasteiger partial charge in [-0.25, -0.2) is 9.97 Å². The molecule has 1 aromatic rings. The lowest BCUT2D eigenvalue weighted by Crippen LogP contribution is -2.30. The van der Waals surface area contributed by atoms with Gasteiger partial charge in [-0.2, -0.15) is 0 Å². The van der Waals surface area contributed by atoms with E-state index in [2.05, 4.69) is 29.1 Å². The van der Waals surface area contributed by atoms with Crippen LogP contribution in [0.5, 0.6) is 0 Å². The summed E-state index contributed by atoms with van der Waals surface area (Å²) in [5.41, 5.74) is 2.56. The molecule has 0 radical (unpaired) electrons. The Morgan fingerprint density at radius 1 is 1.45 bits per heavy atom. The first-order valence-corrected chi connectivity index (χ1v) is 7.81. The molecule has 1 aliphatic rings. The fourth-order valence-electron chi connectivity index (χ4n) is 2.64. The molecule has 0 fully saturated rings. The molecule has 1 heterocycles. The third kappa shape index (κ3) is 4.53. The standard InChI is InChI=1S/C16H27N3O/c1-4-20-11-16-18-10-14-7-13(5-6-15(14)19-16)9-17-8-12(2)3/h10,12-13,17H,4-9,11H2,1-3H3. The molecule has 0 bridgehead atoms. The zero-order chi connectivity index (χ0) is 14.4. The van der Waals surface area contributed by atoms with E-state index in [9.17, 15) is 0 Å². The van der Waals surface area contributed by atoms with Crippen LogP contribution in [0.1, 0.15) is 44.3 Å². The van der Waals surface area contributed by atoms with Crippen molar-refractivity contribution >= 4 is 0 Å². The van der Waals surface area contributed by atoms with Crippen LogP contribution >= 0.6 is 0 Å². The van der Waals surface area contributed by atoms with Crippen molar-refractivity contribution in [2.45, 2.75) is 46.6 Å². The molecule has 0 aromatic carbocycles. The van der Waals surface area contributed by atoms with Gasteiger partial charge in [-0.05, 0) is 56.7 Å². The Morgan fingerprint density at radius 2 is 2.30 bits per heavy atom. The van der Waals surface area contributed by atoms with Gasteiger partial charge in [0.1, 0.15) is 6.61 Å². The number of aryl methyl sites for hydroxylation is 1. The van der Waals surface area contributed by atoms with Crippen LogP contribution in [-0.4, -0.2) is 29.7 Å². The minimum absolute atomic E-state index is 0.531. The van der Waals surface area contributed by atoms with Crippen molar-refractivity contribution in [1.29, 1.82) is 0 Å². The van der Waals surface area contributed by atoms with Gasteiger partial charge in [-0.3, -0.25) is 0 Å². The second-order valence-electron chi connectivity index (χ2n) is 6.06. The number of ether oxygens (including phenoxy) is 1. The number of nitrogens with one attached hydrogen (secondary N) is 1. The van der Waals surface area contributed by atoms with E-state index in [4.69, 9.17) is 4.74 Å². The molecule has 1 aromatic heterocycles. The zero-order valence-electron chi connectivity index (χ0n) is 13.0. The average Bonchev–Trinajstić information content (AvgIpc) is 2.44. The molecule has 4 nitrogen and oxygen atoms in total. The van der Waals surface area contributed by atoms with E-state index in [1.165, 1.54) is 17.7 Å². The van der Waals surface area contributed by atoms with Gasteiger partial charge >= 0.3 is 0 Å². The minimum atomic E-state index is 0.531. The molecule has 4 heteroatoms. The molecular formula is C16H27N3O. The van der Waals surface area contributed by atoms with Gasteiger partial charge in [-0.1, -0.05) is 13.8 Å². The van der Waals surface area contributed by atoms with E-state index in [1.807, 2.05) is 13.1 Å². The Labute approximate surface area is 122 Å². The molecule has 20 heavy (non-hydrogen) atoms. The summed E-state index contributed by atoms with van der Waals surface area (Å²) in [6.45, 7) is 9.94. The van der Waals surface area contributed by atoms with Gasteiger partial charge in [0.05, 0.1) is 0 Å². The van der Waals surface area contributed by atoms with E-state index in [0.29, 0.717) is 13.2 Å². The number of hydrogen-bond acceptors (Lipinski definition) is 4. The van der Waals surface area contributed by atoms with Crippen molar-refractivity contribution in [2.24, 2.45) is 11.8 Å². The van der Waals surface area contributed by atoms with Crippen LogP contribution in [0.15, 0.2) is 6.20 Å². The van der Waals surface area contributed by atoms with E-state index in [0.717, 1.165) is 43.6 Å². The Hall–Kier alpha value is -1.00. The van der Waals surface area contributed by atoms with Crippen molar-refractivity contribution in [3.05, 3.63) is 23.3 Å². The van der Waals surface area contributed by atoms with Gasteiger partial charge in [-0.15, -0.1) is 0 Å². The molecule has 2 rings (SSSR count). The molecule has 1 unspecified atom stereocenters. The zero-order valence-corrected chi connectivity index (χ0v) is 13.0. The third-order valence-corrected chi connectivity index (χ3v) is 3.72. The second kappa shape index (κ2) is 7.70. The lowest BCUT2D eigenvalue weighted by Gasteiger charge is -2.24. The first kappa shape index (κ1) is 15.4. The van der Waals surface area contributed by atoms with Crippen LogP contribution in [0, 0.1) is 11.8 Å². The maximum atomic E-state index is 5.37. The van der Waals surface area contributed by atoms with Crippen molar-refractivity contribution in [1.82, 2.24) is 15.3 Å². The quantitative estimate of drug-likeness (QED) is 0.831. The number of fused-ring (bicyclic) bond motifs is 1. The summed E-state index contributed by atoms with van der Waals surface area (Å²) < 4.78 is 5.37. The molecule has 112 valence electrons. The predicted octanol–water partition coefficient (Wildman–Crippen LogP) is 2.36. The van der Waals surface area contributed by atoms with E-state index < -0.39 is 0 Å². The molecule has 0 aliphatic heterocycles. The summed E-state index contributed by atoms with van der Waals surface area (Å²) in [6, 6.07) is 0. The van der Waals surface area contributed by atoms with Crippen LogP contribution in [-0.2, 0) is 24.2 Å². The normalized spacial score (nSPS) is 18.3. The monoisotopic (exact) mass is 277 g/mol. The summed E-state index contributed by atoms with van der Waals surface area (Å²) in [5.74, 6) is 2.26. The van der Waals surface area contributed by atoms with Crippen LogP contribution in [0.3, 0.4) is 0 Å². The summed E-state index contributed by atoms with van der Waals surface area (Å²) in [6.07, 6.45) is 5.41. The summed E-state index contributed by atoms with van der Waals surface area (Å²) in [7, 11) is 0. The second-order valence-corrected chi connectivity index (χ2v) is 6.06. The molecule has 1 N–H and O–H groups in total. The molecule has 0 amide bonds. The maximum absolute atomic E-state index is 5.37. The highest BCUT2D eigenvalue weighted by Gasteiger charge is 2.20. The van der Waals surface area contributed by atoms with E-state index in [1.54, 1.807) is 0 Å². The van der Waals surface area contributed by atoms with E-state index >= 15 is 0 Å². The molecule has 1 aliphatic carbocycles. The highest BCUT2D eigenvalue weighted by atomic mass is 16.5. The number of nitrogens with zero attached hydrogens (tertiary/aromatic N) is 2. The first-order chi connectivity index (χ1) is 9.69. The first-order valence-electron chi connectivity index (χ1n) is 7.81. The third-order valence-electron chi connectivity index (χ3n) is 3.72. The topological polar surface area (TPSA) is 47.0 Å². The summed E-state index contributed by atoms with van der Waals surface area (Å²) in [4.78, 5) is 9.05. The van der Waals surface area contributed by atoms with Gasteiger partial charge in [0, 0.05) is 18.5 Å². The van der Waals surface area contributed by atoms with Crippen LogP contribution in [0.25, 0.3) is 0 Å². The fraction of sp³-hybridized carbons (Fsp3) is 0.750. The Balaban J connectivity index is 1.87. The SMILES string of the molecule is CCOCc1ncc2c(n1)CCC(CNCC(C)C)C2. The van der Waals surface area contributed by atoms with Crippen molar-refractivity contribution < 1.29 is 4.74 Å². The van der Waals surface area contributed by atoms with E-state index in [-0.39, 0.29) is 0 Å². The number of hydrogen-bond donors (Lipinski definition) is 1. The van der Waals surface area contributed by atoms with Crippen LogP contribution < -0.4 is 5.32 Å². The molecular weight excluding hydrogens is 250 g/mol. The maximum Gasteiger partial charge on any atom is 0.154 e. The lowest BCUT2D eigenvalue weighted by molar-refractivity contribution is 0.128. The van der Waals surface area contributed by atoms with Gasteiger partial charge in [0.2, 0.25) is 0 Å². The van der Waals surface area contributed by atoms with Crippen LogP contribution in [0.4, 0.5) is 0 Å². The van der Waals surface area contributed by atoms with Gasteiger partial charge in [0.25, 0.3) is 0 Å². The molecule has 0 saturated carbocycles. The highest BCUT2D eigenvalue weighted by molar-refractivity contribution is 5.21. The fourth-order valence-corrected chi connectivity index (χ4v) is 2.64. The number of rotatable bonds is 7. The molecule has 1 atom stereocenters. The van der Waals surface area contributed by atoms with Crippen molar-refractivity contribution in [3.8, 4) is 0 Å². The van der Waals surface area contributed by atoms with Crippen molar-refractivity contribution in [2.75, 3.05) is 19.7 Å². The largest absolute Gasteiger partial charge is 0.374 e. The summed E-state index contributed by atoms with van der Waals surface area (Å²) in [5, 5.41) is 3.56. The Morgan fingerprint density at radius 3 is 3.05 bits per heavy atom. The van der Waals surface area contributed by atoms with Gasteiger partial charge < -0.3 is 10.1 Å². The average molecular weight is 277 g/mol. The molecule has 0 saturated heterocycles. The smallest absolute Gasteiger partial charge is 0.154 e. The Kier molecular flexibility index (Phi) is 5.92. The highest BCUT2D eigenvalue weighted by Crippen LogP contribution is 2.23.